The molecule has 0 radical (unpaired) electrons. The molecule has 7 rings (SSSR count). The summed E-state index contributed by atoms with van der Waals surface area (Å²) in [6, 6.07) is 13.5. The van der Waals surface area contributed by atoms with Gasteiger partial charge in [-0.25, -0.2) is 14.6 Å². The molecule has 19 heteroatoms. The molecule has 1 fully saturated rings. The summed E-state index contributed by atoms with van der Waals surface area (Å²) in [4.78, 5) is 60.6. The van der Waals surface area contributed by atoms with Crippen molar-refractivity contribution in [1.29, 1.82) is 0 Å². The molecule has 4 heterocycles. The van der Waals surface area contributed by atoms with Gasteiger partial charge in [0.05, 0.1) is 17.6 Å². The molecule has 1 aromatic heterocycles. The second-order valence-electron chi connectivity index (χ2n) is 15.1. The number of carboxylic acids is 1. The highest BCUT2D eigenvalue weighted by Gasteiger charge is 2.65. The lowest BCUT2D eigenvalue weighted by Gasteiger charge is -2.50. The minimum Gasteiger partial charge on any atom is -0.508 e. The molecule has 3 aliphatic heterocycles. The van der Waals surface area contributed by atoms with Crippen LogP contribution in [0.25, 0.3) is 27.8 Å². The fourth-order valence-corrected chi connectivity index (χ4v) is 7.66. The number of esters is 1. The molecule has 1 saturated heterocycles. The summed E-state index contributed by atoms with van der Waals surface area (Å²) in [5.41, 5.74) is 1.74. The lowest BCUT2D eigenvalue weighted by atomic mass is 9.81. The zero-order valence-corrected chi connectivity index (χ0v) is 33.3. The molecule has 4 aromatic rings. The van der Waals surface area contributed by atoms with E-state index in [2.05, 4.69) is 10.3 Å². The van der Waals surface area contributed by atoms with Gasteiger partial charge in [0.25, 0.3) is 5.79 Å². The van der Waals surface area contributed by atoms with Crippen LogP contribution in [0.3, 0.4) is 0 Å². The lowest BCUT2D eigenvalue weighted by molar-refractivity contribution is -1.04. The van der Waals surface area contributed by atoms with Crippen LogP contribution < -0.4 is 20.5 Å². The number of carbonyl (C=O) groups excluding carboxylic acids is 2. The molecule has 0 spiro atoms. The number of quaternary nitrogens is 1. The van der Waals surface area contributed by atoms with Crippen molar-refractivity contribution in [2.24, 2.45) is 4.99 Å². The van der Waals surface area contributed by atoms with E-state index in [1.807, 2.05) is 32.0 Å². The number of benzene rings is 3. The molecule has 8 unspecified atom stereocenters. The molecule has 62 heavy (non-hydrogen) atoms. The monoisotopic (exact) mass is 858 g/mol. The minimum absolute atomic E-state index is 0.00293. The number of aliphatic hydroxyl groups is 5. The highest BCUT2D eigenvalue weighted by atomic mass is 16.8. The number of aryl methyl sites for hydroxylation is 2. The zero-order valence-electron chi connectivity index (χ0n) is 33.3. The Kier molecular flexibility index (Phi) is 12.5. The number of phenolic OH excluding ortho intramolecular Hbond substituents is 1. The van der Waals surface area contributed by atoms with Gasteiger partial charge in [0.2, 0.25) is 18.4 Å². The van der Waals surface area contributed by atoms with Crippen molar-refractivity contribution < 1.29 is 78.7 Å². The lowest BCUT2D eigenvalue weighted by Crippen LogP contribution is -3.09. The highest BCUT2D eigenvalue weighted by Crippen LogP contribution is 2.39. The van der Waals surface area contributed by atoms with E-state index in [4.69, 9.17) is 23.5 Å². The SMILES string of the molecule is Cc1cc(C)cc(C2=C3N=CC=C3C[NH+]2OC2C(Oc3ccc4c(=O)c(-c5ccc(O)cc5)coc4c3)OC(C(O)(CO)OC(=O)C(NCCC=O)C(=O)O)C(O)C2(O)CO)c1. The number of hydrogen-bond donors (Lipinski definition) is 9. The van der Waals surface area contributed by atoms with Gasteiger partial charge in [0.15, 0.2) is 22.8 Å². The van der Waals surface area contributed by atoms with Crippen LogP contribution in [-0.2, 0) is 28.7 Å². The molecule has 0 bridgehead atoms. The number of hydrogen-bond acceptors (Lipinski definition) is 17. The van der Waals surface area contributed by atoms with Gasteiger partial charge < -0.3 is 59.2 Å². The Labute approximate surface area is 351 Å². The second kappa shape index (κ2) is 17.7. The zero-order chi connectivity index (χ0) is 44.5. The number of aromatic hydroxyl groups is 1. The maximum absolute atomic E-state index is 13.6. The summed E-state index contributed by atoms with van der Waals surface area (Å²) >= 11 is 0. The summed E-state index contributed by atoms with van der Waals surface area (Å²) in [6.07, 6.45) is -3.85. The van der Waals surface area contributed by atoms with E-state index in [-0.39, 0.29) is 52.6 Å². The van der Waals surface area contributed by atoms with Gasteiger partial charge >= 0.3 is 11.9 Å². The first-order valence-corrected chi connectivity index (χ1v) is 19.3. The molecular weight excluding hydrogens is 814 g/mol. The Bertz CT molecular complexity index is 2520. The number of aliphatic carboxylic acids is 1. The van der Waals surface area contributed by atoms with E-state index in [1.165, 1.54) is 48.7 Å². The van der Waals surface area contributed by atoms with Gasteiger partial charge in [0, 0.05) is 36.4 Å². The molecular formula is C43H44N3O16+. The van der Waals surface area contributed by atoms with E-state index in [1.54, 1.807) is 12.3 Å². The third-order valence-corrected chi connectivity index (χ3v) is 10.7. The predicted octanol–water partition coefficient (Wildman–Crippen LogP) is -0.595. The van der Waals surface area contributed by atoms with Crippen molar-refractivity contribution in [2.75, 3.05) is 26.3 Å². The van der Waals surface area contributed by atoms with Crippen LogP contribution in [0.1, 0.15) is 23.1 Å². The fourth-order valence-electron chi connectivity index (χ4n) is 7.66. The van der Waals surface area contributed by atoms with Crippen LogP contribution >= 0.6 is 0 Å². The number of rotatable bonds is 16. The van der Waals surface area contributed by atoms with Gasteiger partial charge in [-0.05, 0) is 61.9 Å². The Balaban J connectivity index is 1.28. The van der Waals surface area contributed by atoms with Gasteiger partial charge in [-0.2, -0.15) is 9.90 Å². The normalized spacial score (nSPS) is 24.6. The number of aliphatic imine (C=N–C) groups is 1. The number of allylic oxidation sites excluding steroid dienone is 1. The summed E-state index contributed by atoms with van der Waals surface area (Å²) in [5, 5.41) is 79.2. The summed E-state index contributed by atoms with van der Waals surface area (Å²) < 4.78 is 23.2. The van der Waals surface area contributed by atoms with Crippen molar-refractivity contribution >= 4 is 41.1 Å². The smallest absolute Gasteiger partial charge is 0.337 e. The van der Waals surface area contributed by atoms with Gasteiger partial charge in [-0.3, -0.25) is 10.1 Å². The maximum atomic E-state index is 13.6. The first-order valence-electron chi connectivity index (χ1n) is 19.3. The van der Waals surface area contributed by atoms with Crippen LogP contribution in [0.15, 0.2) is 98.5 Å². The van der Waals surface area contributed by atoms with Crippen LogP contribution in [0.5, 0.6) is 11.5 Å². The molecule has 0 aliphatic carbocycles. The number of nitrogens with zero attached hydrogens (tertiary/aromatic N) is 1. The number of aldehydes is 1. The first kappa shape index (κ1) is 43.9. The van der Waals surface area contributed by atoms with E-state index < -0.39 is 72.6 Å². The Morgan fingerprint density at radius 2 is 1.81 bits per heavy atom. The molecule has 3 aliphatic rings. The average molecular weight is 859 g/mol. The average Bonchev–Trinajstić information content (AvgIpc) is 3.83. The number of hydroxylamine groups is 2. The van der Waals surface area contributed by atoms with Crippen LogP contribution in [-0.4, -0.2) is 129 Å². The molecule has 0 saturated carbocycles. The third kappa shape index (κ3) is 8.40. The third-order valence-electron chi connectivity index (χ3n) is 10.7. The Hall–Kier alpha value is -6.13. The largest absolute Gasteiger partial charge is 0.508 e. The summed E-state index contributed by atoms with van der Waals surface area (Å²) in [5.74, 6) is -6.89. The maximum Gasteiger partial charge on any atom is 0.337 e. The Morgan fingerprint density at radius 3 is 2.47 bits per heavy atom. The number of aliphatic hydroxyl groups excluding tert-OH is 3. The van der Waals surface area contributed by atoms with Crippen LogP contribution in [0.4, 0.5) is 0 Å². The topological polar surface area (TPSA) is 289 Å². The van der Waals surface area contributed by atoms with Gasteiger partial charge in [-0.15, -0.1) is 0 Å². The molecule has 8 atom stereocenters. The first-order chi connectivity index (χ1) is 29.6. The van der Waals surface area contributed by atoms with E-state index in [9.17, 15) is 54.9 Å². The van der Waals surface area contributed by atoms with Crippen molar-refractivity contribution in [3.05, 3.63) is 111 Å². The number of ether oxygens (including phenoxy) is 3. The molecule has 19 nitrogen and oxygen atoms in total. The van der Waals surface area contributed by atoms with Crippen molar-refractivity contribution in [3.8, 4) is 22.6 Å². The summed E-state index contributed by atoms with van der Waals surface area (Å²) in [6.45, 7) is 0.785. The Morgan fingerprint density at radius 1 is 1.08 bits per heavy atom. The van der Waals surface area contributed by atoms with E-state index in [0.717, 1.165) is 16.7 Å². The number of carbonyl (C=O) groups is 3. The molecule has 9 N–H and O–H groups in total. The number of nitrogens with one attached hydrogen (secondary N) is 2. The van der Waals surface area contributed by atoms with Crippen molar-refractivity contribution in [1.82, 2.24) is 5.32 Å². The summed E-state index contributed by atoms with van der Waals surface area (Å²) in [7, 11) is 0. The van der Waals surface area contributed by atoms with Gasteiger partial charge in [0.1, 0.15) is 54.6 Å². The van der Waals surface area contributed by atoms with Crippen molar-refractivity contribution in [3.63, 3.8) is 0 Å². The quantitative estimate of drug-likeness (QED) is 0.0224. The van der Waals surface area contributed by atoms with Crippen LogP contribution in [0, 0.1) is 13.8 Å². The molecule has 326 valence electrons. The fraction of sp³-hybridized carbons (Fsp3) is 0.326. The highest BCUT2D eigenvalue weighted by molar-refractivity contribution is 5.98. The van der Waals surface area contributed by atoms with E-state index in [0.29, 0.717) is 28.8 Å². The second-order valence-corrected chi connectivity index (χ2v) is 15.1. The predicted molar refractivity (Wildman–Crippen MR) is 215 cm³/mol. The molecule has 0 amide bonds. The number of carboxylic acid groups (broad SMARTS) is 1. The van der Waals surface area contributed by atoms with Crippen molar-refractivity contribution in [2.45, 2.75) is 62.3 Å². The molecule has 3 aromatic carbocycles. The van der Waals surface area contributed by atoms with Crippen LogP contribution in [0.2, 0.25) is 0 Å². The number of phenols is 1. The van der Waals surface area contributed by atoms with Gasteiger partial charge in [-0.1, -0.05) is 29.3 Å². The minimum atomic E-state index is -3.32. The number of fused-ring (bicyclic) bond motifs is 2. The van der Waals surface area contributed by atoms with E-state index >= 15 is 0 Å². The standard InChI is InChI=1S/C43H43N3O16/c1-22-14-23(2)16-26(15-22)34-32-25(10-12-45-32)18-46(34)62-38-41(59-28-8-9-29-31(17-28)58-19-30(35(29)51)24-4-6-27(50)7-5-24)60-37(36(52)42(38,56)20-48)43(57,21-49)61-40(55)33(39(53)54)44-11-3-13-47/h4-10,12-17,19,33,36-38,41,44,48-50,52,56-57H,3,11,18,20-21H2,1-2H3,(H,53,54)/p+1.